The fraction of sp³-hybridized carbons (Fsp3) is 1.00. The molecule has 1 atom stereocenters. The van der Waals surface area contributed by atoms with Gasteiger partial charge in [0.1, 0.15) is 0 Å². The van der Waals surface area contributed by atoms with E-state index in [1.54, 1.807) is 0 Å². The number of nitrogens with one attached hydrogen (secondary N) is 1. The molecular formula is C11H24ClN. The molecular weight excluding hydrogens is 182 g/mol. The quantitative estimate of drug-likeness (QED) is 0.630. The first-order valence-corrected chi connectivity index (χ1v) is 5.82. The van der Waals surface area contributed by atoms with Gasteiger partial charge in [0.15, 0.2) is 0 Å². The standard InChI is InChI=1S/C11H24ClN/c1-5-10(2)8-13-9-11(3,4)6-7-12/h10,13H,5-9H2,1-4H3. The van der Waals surface area contributed by atoms with E-state index in [2.05, 4.69) is 33.0 Å². The predicted molar refractivity (Wildman–Crippen MR) is 61.4 cm³/mol. The van der Waals surface area contributed by atoms with Crippen LogP contribution in [-0.4, -0.2) is 19.0 Å². The van der Waals surface area contributed by atoms with E-state index in [9.17, 15) is 0 Å². The number of hydrogen-bond acceptors (Lipinski definition) is 1. The summed E-state index contributed by atoms with van der Waals surface area (Å²) in [7, 11) is 0. The molecule has 80 valence electrons. The summed E-state index contributed by atoms with van der Waals surface area (Å²) in [5.74, 6) is 1.55. The largest absolute Gasteiger partial charge is 0.316 e. The molecule has 2 heteroatoms. The second-order valence-corrected chi connectivity index (χ2v) is 5.13. The van der Waals surface area contributed by atoms with Crippen LogP contribution in [0.4, 0.5) is 0 Å². The topological polar surface area (TPSA) is 12.0 Å². The van der Waals surface area contributed by atoms with E-state index in [0.29, 0.717) is 5.41 Å². The van der Waals surface area contributed by atoms with Gasteiger partial charge in [0, 0.05) is 12.4 Å². The Balaban J connectivity index is 3.50. The molecule has 0 aliphatic rings. The number of alkyl halides is 1. The van der Waals surface area contributed by atoms with Crippen LogP contribution in [0, 0.1) is 11.3 Å². The molecule has 0 saturated heterocycles. The molecule has 1 N–H and O–H groups in total. The van der Waals surface area contributed by atoms with Crippen LogP contribution in [0.5, 0.6) is 0 Å². The van der Waals surface area contributed by atoms with Crippen LogP contribution < -0.4 is 5.32 Å². The minimum absolute atomic E-state index is 0.342. The first kappa shape index (κ1) is 13.2. The zero-order valence-corrected chi connectivity index (χ0v) is 10.2. The number of rotatable bonds is 7. The summed E-state index contributed by atoms with van der Waals surface area (Å²) in [6.45, 7) is 11.2. The minimum atomic E-state index is 0.342. The van der Waals surface area contributed by atoms with Gasteiger partial charge in [-0.05, 0) is 24.3 Å². The van der Waals surface area contributed by atoms with Crippen LogP contribution >= 0.6 is 11.6 Å². The van der Waals surface area contributed by atoms with Crippen molar-refractivity contribution >= 4 is 11.6 Å². The van der Waals surface area contributed by atoms with Crippen molar-refractivity contribution in [2.45, 2.75) is 40.5 Å². The molecule has 1 unspecified atom stereocenters. The Bertz CT molecular complexity index is 123. The molecule has 0 fully saturated rings. The van der Waals surface area contributed by atoms with Gasteiger partial charge < -0.3 is 5.32 Å². The second-order valence-electron chi connectivity index (χ2n) is 4.75. The van der Waals surface area contributed by atoms with E-state index in [1.807, 2.05) is 0 Å². The Morgan fingerprint density at radius 1 is 1.38 bits per heavy atom. The van der Waals surface area contributed by atoms with Gasteiger partial charge in [-0.1, -0.05) is 34.1 Å². The van der Waals surface area contributed by atoms with E-state index < -0.39 is 0 Å². The van der Waals surface area contributed by atoms with Crippen molar-refractivity contribution in [2.75, 3.05) is 19.0 Å². The third-order valence-corrected chi connectivity index (χ3v) is 2.75. The highest BCUT2D eigenvalue weighted by Gasteiger charge is 2.16. The van der Waals surface area contributed by atoms with Crippen LogP contribution in [0.2, 0.25) is 0 Å². The molecule has 1 nitrogen and oxygen atoms in total. The molecule has 0 radical (unpaired) electrons. The molecule has 0 aromatic rings. The summed E-state index contributed by atoms with van der Waals surface area (Å²) < 4.78 is 0. The van der Waals surface area contributed by atoms with E-state index in [4.69, 9.17) is 11.6 Å². The molecule has 0 amide bonds. The summed E-state index contributed by atoms with van der Waals surface area (Å²) in [6.07, 6.45) is 2.34. The zero-order valence-electron chi connectivity index (χ0n) is 9.49. The van der Waals surface area contributed by atoms with Crippen molar-refractivity contribution in [2.24, 2.45) is 11.3 Å². The first-order valence-electron chi connectivity index (χ1n) is 5.28. The monoisotopic (exact) mass is 205 g/mol. The van der Waals surface area contributed by atoms with Crippen molar-refractivity contribution in [3.8, 4) is 0 Å². The summed E-state index contributed by atoms with van der Waals surface area (Å²) in [5, 5.41) is 3.50. The molecule has 0 aliphatic carbocycles. The lowest BCUT2D eigenvalue weighted by Gasteiger charge is -2.24. The Hall–Kier alpha value is 0.250. The maximum absolute atomic E-state index is 5.73. The van der Waals surface area contributed by atoms with Crippen molar-refractivity contribution in [1.29, 1.82) is 0 Å². The van der Waals surface area contributed by atoms with E-state index in [1.165, 1.54) is 6.42 Å². The second kappa shape index (κ2) is 6.67. The fourth-order valence-corrected chi connectivity index (χ4v) is 1.66. The van der Waals surface area contributed by atoms with Crippen LogP contribution in [0.15, 0.2) is 0 Å². The zero-order chi connectivity index (χ0) is 10.3. The average Bonchev–Trinajstić information content (AvgIpc) is 2.03. The number of hydrogen-bond donors (Lipinski definition) is 1. The molecule has 0 rings (SSSR count). The molecule has 0 bridgehead atoms. The molecule has 0 aromatic heterocycles. The fourth-order valence-electron chi connectivity index (χ4n) is 1.15. The molecule has 0 aliphatic heterocycles. The van der Waals surface area contributed by atoms with Gasteiger partial charge in [-0.25, -0.2) is 0 Å². The Morgan fingerprint density at radius 2 is 2.00 bits per heavy atom. The summed E-state index contributed by atoms with van der Waals surface area (Å²) in [6, 6.07) is 0. The van der Waals surface area contributed by atoms with Crippen molar-refractivity contribution in [1.82, 2.24) is 5.32 Å². The van der Waals surface area contributed by atoms with E-state index in [-0.39, 0.29) is 0 Å². The van der Waals surface area contributed by atoms with Crippen LogP contribution in [0.25, 0.3) is 0 Å². The Labute approximate surface area is 88.2 Å². The third kappa shape index (κ3) is 7.33. The van der Waals surface area contributed by atoms with Crippen LogP contribution in [0.1, 0.15) is 40.5 Å². The minimum Gasteiger partial charge on any atom is -0.316 e. The molecule has 0 saturated carbocycles. The van der Waals surface area contributed by atoms with Gasteiger partial charge >= 0.3 is 0 Å². The van der Waals surface area contributed by atoms with E-state index >= 15 is 0 Å². The lowest BCUT2D eigenvalue weighted by molar-refractivity contribution is 0.319. The summed E-state index contributed by atoms with van der Waals surface area (Å²) in [5.41, 5.74) is 0.342. The highest BCUT2D eigenvalue weighted by Crippen LogP contribution is 2.19. The van der Waals surface area contributed by atoms with Gasteiger partial charge in [-0.15, -0.1) is 11.6 Å². The normalized spacial score (nSPS) is 14.5. The van der Waals surface area contributed by atoms with Crippen molar-refractivity contribution in [3.05, 3.63) is 0 Å². The van der Waals surface area contributed by atoms with Gasteiger partial charge in [-0.3, -0.25) is 0 Å². The summed E-state index contributed by atoms with van der Waals surface area (Å²) >= 11 is 5.73. The number of halogens is 1. The Morgan fingerprint density at radius 3 is 2.46 bits per heavy atom. The van der Waals surface area contributed by atoms with Crippen molar-refractivity contribution < 1.29 is 0 Å². The maximum atomic E-state index is 5.73. The molecule has 13 heavy (non-hydrogen) atoms. The maximum Gasteiger partial charge on any atom is 0.0229 e. The highest BCUT2D eigenvalue weighted by molar-refractivity contribution is 6.17. The van der Waals surface area contributed by atoms with Crippen LogP contribution in [-0.2, 0) is 0 Å². The molecule has 0 heterocycles. The SMILES string of the molecule is CCC(C)CNCC(C)(C)CCCl. The van der Waals surface area contributed by atoms with Gasteiger partial charge in [-0.2, -0.15) is 0 Å². The van der Waals surface area contributed by atoms with E-state index in [0.717, 1.165) is 31.3 Å². The van der Waals surface area contributed by atoms with Gasteiger partial charge in [0.25, 0.3) is 0 Å². The lowest BCUT2D eigenvalue weighted by atomic mass is 9.90. The molecule has 0 aromatic carbocycles. The Kier molecular flexibility index (Phi) is 6.79. The third-order valence-electron chi connectivity index (χ3n) is 2.56. The molecule has 0 spiro atoms. The van der Waals surface area contributed by atoms with Gasteiger partial charge in [0.2, 0.25) is 0 Å². The van der Waals surface area contributed by atoms with Crippen LogP contribution in [0.3, 0.4) is 0 Å². The first-order chi connectivity index (χ1) is 6.02. The summed E-state index contributed by atoms with van der Waals surface area (Å²) in [4.78, 5) is 0. The van der Waals surface area contributed by atoms with Gasteiger partial charge in [0.05, 0.1) is 0 Å². The average molecular weight is 206 g/mol. The lowest BCUT2D eigenvalue weighted by Crippen LogP contribution is -2.32. The smallest absolute Gasteiger partial charge is 0.0229 e. The van der Waals surface area contributed by atoms with Crippen molar-refractivity contribution in [3.63, 3.8) is 0 Å². The highest BCUT2D eigenvalue weighted by atomic mass is 35.5. The predicted octanol–water partition coefficient (Wildman–Crippen LogP) is 3.28.